The summed E-state index contributed by atoms with van der Waals surface area (Å²) < 4.78 is 0. The summed E-state index contributed by atoms with van der Waals surface area (Å²) >= 11 is 3.93. The van der Waals surface area contributed by atoms with E-state index in [2.05, 4.69) is 17.9 Å². The first-order chi connectivity index (χ1) is 10.0. The molecule has 0 saturated carbocycles. The number of nitrogens with zero attached hydrogens (tertiary/aromatic N) is 1. The zero-order valence-corrected chi connectivity index (χ0v) is 12.1. The Morgan fingerprint density at radius 3 is 2.62 bits per heavy atom. The summed E-state index contributed by atoms with van der Waals surface area (Å²) in [5.41, 5.74) is 0.851. The molecule has 1 heterocycles. The topological polar surface area (TPSA) is 86.7 Å². The maximum Gasteiger partial charge on any atom is 0.321 e. The van der Waals surface area contributed by atoms with Crippen LogP contribution >= 0.6 is 12.6 Å². The van der Waals surface area contributed by atoms with Gasteiger partial charge in [-0.3, -0.25) is 24.6 Å². The van der Waals surface area contributed by atoms with Gasteiger partial charge in [0.2, 0.25) is 11.8 Å². The van der Waals surface area contributed by atoms with Crippen molar-refractivity contribution >= 4 is 30.4 Å². The first-order valence-corrected chi connectivity index (χ1v) is 7.14. The number of carboxylic acids is 1. The van der Waals surface area contributed by atoms with Crippen LogP contribution in [0.3, 0.4) is 0 Å². The van der Waals surface area contributed by atoms with Gasteiger partial charge in [0.25, 0.3) is 0 Å². The van der Waals surface area contributed by atoms with Crippen LogP contribution in [0.2, 0.25) is 0 Å². The molecular weight excluding hydrogens is 292 g/mol. The monoisotopic (exact) mass is 308 g/mol. The van der Waals surface area contributed by atoms with Crippen molar-refractivity contribution in [1.29, 1.82) is 0 Å². The predicted molar refractivity (Wildman–Crippen MR) is 78.8 cm³/mol. The molecular formula is C14H16N2O4S. The number of rotatable bonds is 6. The quantitative estimate of drug-likeness (QED) is 0.519. The molecule has 1 aromatic rings. The molecule has 112 valence electrons. The van der Waals surface area contributed by atoms with Gasteiger partial charge in [0.15, 0.2) is 0 Å². The maximum atomic E-state index is 12.2. The zero-order valence-electron chi connectivity index (χ0n) is 11.2. The fourth-order valence-electron chi connectivity index (χ4n) is 2.19. The second-order valence-electron chi connectivity index (χ2n) is 4.80. The summed E-state index contributed by atoms with van der Waals surface area (Å²) in [6.07, 6.45) is -0.0246. The molecule has 0 unspecified atom stereocenters. The van der Waals surface area contributed by atoms with Crippen LogP contribution in [0.5, 0.6) is 0 Å². The minimum absolute atomic E-state index is 0.0246. The number of amides is 2. The Hall–Kier alpha value is -1.86. The molecule has 0 spiro atoms. The highest BCUT2D eigenvalue weighted by Gasteiger charge is 2.40. The number of carboxylic acid groups (broad SMARTS) is 1. The number of nitrogens with one attached hydrogen (secondary N) is 1. The highest BCUT2D eigenvalue weighted by molar-refractivity contribution is 7.80. The highest BCUT2D eigenvalue weighted by Crippen LogP contribution is 2.17. The minimum atomic E-state index is -1.09. The molecule has 2 rings (SSSR count). The summed E-state index contributed by atoms with van der Waals surface area (Å²) in [7, 11) is 0. The lowest BCUT2D eigenvalue weighted by molar-refractivity contribution is -0.139. The van der Waals surface area contributed by atoms with Crippen molar-refractivity contribution in [3.8, 4) is 0 Å². The molecule has 1 saturated heterocycles. The lowest BCUT2D eigenvalue weighted by Gasteiger charge is -2.18. The second-order valence-corrected chi connectivity index (χ2v) is 5.17. The maximum absolute atomic E-state index is 12.2. The number of hydrogen-bond donors (Lipinski definition) is 3. The predicted octanol–water partition coefficient (Wildman–Crippen LogP) is 0.287. The molecule has 2 amide bonds. The van der Waals surface area contributed by atoms with Crippen LogP contribution in [-0.2, 0) is 20.9 Å². The van der Waals surface area contributed by atoms with Crippen molar-refractivity contribution in [1.82, 2.24) is 10.2 Å². The number of carbonyl (C=O) groups is 3. The van der Waals surface area contributed by atoms with Gasteiger partial charge in [0.1, 0.15) is 6.04 Å². The fraction of sp³-hybridized carbons (Fsp3) is 0.357. The molecule has 21 heavy (non-hydrogen) atoms. The van der Waals surface area contributed by atoms with Gasteiger partial charge in [-0.1, -0.05) is 30.3 Å². The van der Waals surface area contributed by atoms with Gasteiger partial charge in [0, 0.05) is 5.75 Å². The molecule has 6 nitrogen and oxygen atoms in total. The summed E-state index contributed by atoms with van der Waals surface area (Å²) in [5, 5.41) is 11.6. The summed E-state index contributed by atoms with van der Waals surface area (Å²) in [4.78, 5) is 36.3. The Morgan fingerprint density at radius 1 is 1.38 bits per heavy atom. The van der Waals surface area contributed by atoms with Gasteiger partial charge in [-0.05, 0) is 5.56 Å². The van der Waals surface area contributed by atoms with Crippen LogP contribution in [0.15, 0.2) is 30.3 Å². The third kappa shape index (κ3) is 3.62. The smallest absolute Gasteiger partial charge is 0.321 e. The number of likely N-dealkylation sites (tertiary alicyclic amines) is 1. The van der Waals surface area contributed by atoms with Gasteiger partial charge in [-0.15, -0.1) is 0 Å². The zero-order chi connectivity index (χ0) is 15.4. The van der Waals surface area contributed by atoms with E-state index in [0.29, 0.717) is 0 Å². The van der Waals surface area contributed by atoms with E-state index in [9.17, 15) is 14.4 Å². The normalized spacial score (nSPS) is 19.9. The van der Waals surface area contributed by atoms with Crippen molar-refractivity contribution in [3.63, 3.8) is 0 Å². The molecule has 0 radical (unpaired) electrons. The van der Waals surface area contributed by atoms with E-state index in [1.165, 1.54) is 0 Å². The van der Waals surface area contributed by atoms with Crippen LogP contribution in [0.1, 0.15) is 12.0 Å². The SMILES string of the molecule is O=C(O)[C@@H](CS)N[C@H]1CC(=O)N(Cc2ccccc2)C1=O. The summed E-state index contributed by atoms with van der Waals surface area (Å²) in [5.74, 6) is -1.74. The summed E-state index contributed by atoms with van der Waals surface area (Å²) in [6, 6.07) is 7.42. The Balaban J connectivity index is 2.04. The van der Waals surface area contributed by atoms with Crippen molar-refractivity contribution < 1.29 is 19.5 Å². The van der Waals surface area contributed by atoms with Gasteiger partial charge < -0.3 is 5.11 Å². The van der Waals surface area contributed by atoms with E-state index in [0.717, 1.165) is 10.5 Å². The Morgan fingerprint density at radius 2 is 2.05 bits per heavy atom. The largest absolute Gasteiger partial charge is 0.480 e. The Bertz CT molecular complexity index is 549. The van der Waals surface area contributed by atoms with Crippen LogP contribution in [0, 0.1) is 0 Å². The van der Waals surface area contributed by atoms with E-state index in [4.69, 9.17) is 5.11 Å². The Labute approximate surface area is 127 Å². The standard InChI is InChI=1S/C14H16N2O4S/c17-12-6-10(15-11(8-21)14(19)20)13(18)16(12)7-9-4-2-1-3-5-9/h1-5,10-11,15,21H,6-8H2,(H,19,20)/t10-,11+/m0/s1. The number of imide groups is 1. The van der Waals surface area contributed by atoms with Crippen molar-refractivity contribution in [2.24, 2.45) is 0 Å². The van der Waals surface area contributed by atoms with Gasteiger partial charge >= 0.3 is 5.97 Å². The average Bonchev–Trinajstić information content (AvgIpc) is 2.73. The van der Waals surface area contributed by atoms with Crippen LogP contribution < -0.4 is 5.32 Å². The molecule has 1 aliphatic rings. The average molecular weight is 308 g/mol. The van der Waals surface area contributed by atoms with Crippen LogP contribution in [0.25, 0.3) is 0 Å². The summed E-state index contributed by atoms with van der Waals surface area (Å²) in [6.45, 7) is 0.204. The van der Waals surface area contributed by atoms with Gasteiger partial charge in [-0.2, -0.15) is 12.6 Å². The third-order valence-electron chi connectivity index (χ3n) is 3.31. The molecule has 7 heteroatoms. The molecule has 0 bridgehead atoms. The highest BCUT2D eigenvalue weighted by atomic mass is 32.1. The van der Waals surface area contributed by atoms with E-state index >= 15 is 0 Å². The molecule has 0 aliphatic carbocycles. The van der Waals surface area contributed by atoms with E-state index in [1.807, 2.05) is 30.3 Å². The lowest BCUT2D eigenvalue weighted by atomic mass is 10.2. The first-order valence-electron chi connectivity index (χ1n) is 6.50. The van der Waals surface area contributed by atoms with E-state index in [-0.39, 0.29) is 24.6 Å². The number of aliphatic carboxylic acids is 1. The van der Waals surface area contributed by atoms with Crippen LogP contribution in [0.4, 0.5) is 0 Å². The van der Waals surface area contributed by atoms with Crippen LogP contribution in [-0.4, -0.2) is 45.6 Å². The molecule has 1 aromatic carbocycles. The van der Waals surface area contributed by atoms with E-state index < -0.39 is 24.0 Å². The molecule has 1 fully saturated rings. The van der Waals surface area contributed by atoms with E-state index in [1.54, 1.807) is 0 Å². The van der Waals surface area contributed by atoms with Crippen molar-refractivity contribution in [2.75, 3.05) is 5.75 Å². The lowest BCUT2D eigenvalue weighted by Crippen LogP contribution is -2.48. The second kappa shape index (κ2) is 6.73. The van der Waals surface area contributed by atoms with Gasteiger partial charge in [0.05, 0.1) is 19.0 Å². The fourth-order valence-corrected chi connectivity index (χ4v) is 2.45. The first kappa shape index (κ1) is 15.5. The molecule has 2 atom stereocenters. The third-order valence-corrected chi connectivity index (χ3v) is 3.68. The molecule has 2 N–H and O–H groups in total. The van der Waals surface area contributed by atoms with Gasteiger partial charge in [-0.25, -0.2) is 0 Å². The molecule has 1 aliphatic heterocycles. The number of benzene rings is 1. The number of hydrogen-bond acceptors (Lipinski definition) is 5. The number of thiol groups is 1. The number of carbonyl (C=O) groups excluding carboxylic acids is 2. The van der Waals surface area contributed by atoms with Crippen molar-refractivity contribution in [2.45, 2.75) is 25.0 Å². The van der Waals surface area contributed by atoms with Crippen molar-refractivity contribution in [3.05, 3.63) is 35.9 Å². The molecule has 0 aromatic heterocycles. The Kier molecular flexibility index (Phi) is 4.98. The minimum Gasteiger partial charge on any atom is -0.480 e.